The van der Waals surface area contributed by atoms with Crippen LogP contribution in [0.3, 0.4) is 0 Å². The molecule has 0 bridgehead atoms. The van der Waals surface area contributed by atoms with Gasteiger partial charge in [-0.3, -0.25) is 4.57 Å². The van der Waals surface area contributed by atoms with Gasteiger partial charge in [-0.25, -0.2) is 4.98 Å². The molecule has 4 nitrogen and oxygen atoms in total. The maximum absolute atomic E-state index is 6.45. The zero-order valence-corrected chi connectivity index (χ0v) is 15.1. The van der Waals surface area contributed by atoms with E-state index in [0.717, 1.165) is 34.0 Å². The summed E-state index contributed by atoms with van der Waals surface area (Å²) in [4.78, 5) is 7.82. The van der Waals surface area contributed by atoms with Crippen LogP contribution >= 0.6 is 11.6 Å². The monoisotopic (exact) mass is 362 g/mol. The maximum atomic E-state index is 6.45. The number of allylic oxidation sites excluding steroid dienone is 2. The third-order valence-electron chi connectivity index (χ3n) is 5.20. The Labute approximate surface area is 156 Å². The number of aromatic nitrogens is 3. The van der Waals surface area contributed by atoms with E-state index >= 15 is 0 Å². The average Bonchev–Trinajstić information content (AvgIpc) is 3.25. The van der Waals surface area contributed by atoms with Crippen molar-refractivity contribution in [3.63, 3.8) is 0 Å². The third kappa shape index (κ3) is 2.41. The Hall–Kier alpha value is -2.72. The fourth-order valence-electron chi connectivity index (χ4n) is 3.91. The summed E-state index contributed by atoms with van der Waals surface area (Å²) in [5, 5.41) is 1.70. The van der Waals surface area contributed by atoms with Gasteiger partial charge in [-0.15, -0.1) is 0 Å². The molecule has 2 aromatic heterocycles. The predicted octanol–water partition coefficient (Wildman–Crippen LogP) is 5.70. The van der Waals surface area contributed by atoms with Crippen LogP contribution in [0.4, 0.5) is 5.95 Å². The molecule has 0 spiro atoms. The van der Waals surface area contributed by atoms with Crippen molar-refractivity contribution in [2.45, 2.75) is 25.7 Å². The van der Waals surface area contributed by atoms with Crippen LogP contribution in [0.25, 0.3) is 33.2 Å². The van der Waals surface area contributed by atoms with E-state index in [-0.39, 0.29) is 0 Å². The van der Waals surface area contributed by atoms with Gasteiger partial charge in [0.15, 0.2) is 0 Å². The number of imidazole rings is 1. The van der Waals surface area contributed by atoms with Gasteiger partial charge in [0.2, 0.25) is 5.95 Å². The number of nitrogens with one attached hydrogen (secondary N) is 1. The Morgan fingerprint density at radius 1 is 1.12 bits per heavy atom. The van der Waals surface area contributed by atoms with E-state index in [1.54, 1.807) is 0 Å². The van der Waals surface area contributed by atoms with Gasteiger partial charge in [0.25, 0.3) is 0 Å². The van der Waals surface area contributed by atoms with Crippen LogP contribution in [-0.2, 0) is 0 Å². The topological polar surface area (TPSA) is 59.6 Å². The number of nitrogens with zero attached hydrogens (tertiary/aromatic N) is 2. The lowest BCUT2D eigenvalue weighted by molar-refractivity contribution is 0.742. The van der Waals surface area contributed by atoms with Gasteiger partial charge >= 0.3 is 0 Å². The molecule has 130 valence electrons. The second-order valence-electron chi connectivity index (χ2n) is 6.85. The van der Waals surface area contributed by atoms with Crippen molar-refractivity contribution >= 4 is 45.1 Å². The molecule has 0 fully saturated rings. The van der Waals surface area contributed by atoms with Crippen molar-refractivity contribution in [1.29, 1.82) is 0 Å². The van der Waals surface area contributed by atoms with Gasteiger partial charge in [-0.1, -0.05) is 23.7 Å². The van der Waals surface area contributed by atoms with Gasteiger partial charge in [0.1, 0.15) is 0 Å². The molecule has 2 aromatic carbocycles. The number of hydrogen-bond donors (Lipinski definition) is 2. The van der Waals surface area contributed by atoms with Crippen LogP contribution < -0.4 is 5.73 Å². The highest BCUT2D eigenvalue weighted by molar-refractivity contribution is 6.35. The molecule has 0 saturated heterocycles. The van der Waals surface area contributed by atoms with Gasteiger partial charge < -0.3 is 10.7 Å². The number of hydrogen-bond acceptors (Lipinski definition) is 2. The van der Waals surface area contributed by atoms with Crippen molar-refractivity contribution in [2.24, 2.45) is 0 Å². The van der Waals surface area contributed by atoms with E-state index < -0.39 is 0 Å². The normalized spacial score (nSPS) is 14.9. The summed E-state index contributed by atoms with van der Waals surface area (Å²) >= 11 is 6.45. The first-order chi connectivity index (χ1) is 12.7. The van der Waals surface area contributed by atoms with E-state index in [9.17, 15) is 0 Å². The lowest BCUT2D eigenvalue weighted by atomic mass is 9.93. The highest BCUT2D eigenvalue weighted by Gasteiger charge is 2.14. The third-order valence-corrected chi connectivity index (χ3v) is 5.52. The van der Waals surface area contributed by atoms with Crippen molar-refractivity contribution in [3.8, 4) is 5.69 Å². The number of nitrogen functional groups attached to an aromatic ring is 1. The molecule has 0 unspecified atom stereocenters. The first kappa shape index (κ1) is 15.5. The van der Waals surface area contributed by atoms with Crippen molar-refractivity contribution in [1.82, 2.24) is 14.5 Å². The van der Waals surface area contributed by atoms with Crippen molar-refractivity contribution in [2.75, 3.05) is 5.73 Å². The van der Waals surface area contributed by atoms with Crippen LogP contribution in [0.15, 0.2) is 48.7 Å². The number of nitrogens with two attached hydrogens (primary N) is 1. The van der Waals surface area contributed by atoms with E-state index in [1.165, 1.54) is 30.4 Å². The Morgan fingerprint density at radius 2 is 2.04 bits per heavy atom. The highest BCUT2D eigenvalue weighted by atomic mass is 35.5. The van der Waals surface area contributed by atoms with Crippen molar-refractivity contribution in [3.05, 3.63) is 59.3 Å². The maximum Gasteiger partial charge on any atom is 0.205 e. The number of aromatic amines is 1. The Morgan fingerprint density at radius 3 is 2.88 bits per heavy atom. The number of anilines is 1. The number of halogens is 1. The minimum atomic E-state index is 0.469. The molecular weight excluding hydrogens is 344 g/mol. The zero-order chi connectivity index (χ0) is 17.7. The Kier molecular flexibility index (Phi) is 3.54. The Bertz CT molecular complexity index is 1170. The van der Waals surface area contributed by atoms with Gasteiger partial charge in [0.05, 0.1) is 21.7 Å². The molecule has 5 heteroatoms. The molecule has 26 heavy (non-hydrogen) atoms. The molecule has 2 heterocycles. The standard InChI is InChI=1S/C21H19ClN4/c22-17-11-15(12-18-16(17)8-9-24-18)26-20-7-6-14(10-19(20)25-21(26)23)13-4-2-1-3-5-13/h4,6-12,24H,1-3,5H2,(H2,23,25). The highest BCUT2D eigenvalue weighted by Crippen LogP contribution is 2.33. The summed E-state index contributed by atoms with van der Waals surface area (Å²) in [6, 6.07) is 12.4. The summed E-state index contributed by atoms with van der Waals surface area (Å²) < 4.78 is 1.96. The molecule has 5 rings (SSSR count). The quantitative estimate of drug-likeness (QED) is 0.480. The number of fused-ring (bicyclic) bond motifs is 2. The second-order valence-corrected chi connectivity index (χ2v) is 7.26. The minimum Gasteiger partial charge on any atom is -0.369 e. The molecule has 4 aromatic rings. The minimum absolute atomic E-state index is 0.469. The number of rotatable bonds is 2. The molecule has 0 radical (unpaired) electrons. The van der Waals surface area contributed by atoms with Crippen LogP contribution in [0.5, 0.6) is 0 Å². The summed E-state index contributed by atoms with van der Waals surface area (Å²) in [5.41, 5.74) is 12.7. The second kappa shape index (κ2) is 5.92. The van der Waals surface area contributed by atoms with Gasteiger partial charge in [-0.05, 0) is 67.2 Å². The van der Waals surface area contributed by atoms with Gasteiger partial charge in [0, 0.05) is 17.1 Å². The molecule has 0 saturated carbocycles. The smallest absolute Gasteiger partial charge is 0.205 e. The van der Waals surface area contributed by atoms with Gasteiger partial charge in [-0.2, -0.15) is 0 Å². The average molecular weight is 363 g/mol. The largest absolute Gasteiger partial charge is 0.369 e. The molecular formula is C21H19ClN4. The van der Waals surface area contributed by atoms with Crippen molar-refractivity contribution < 1.29 is 0 Å². The predicted molar refractivity (Wildman–Crippen MR) is 109 cm³/mol. The molecule has 3 N–H and O–H groups in total. The fourth-order valence-corrected chi connectivity index (χ4v) is 4.18. The van der Waals surface area contributed by atoms with Crippen LogP contribution in [0, 0.1) is 0 Å². The fraction of sp³-hybridized carbons (Fsp3) is 0.190. The molecule has 0 amide bonds. The van der Waals surface area contributed by atoms with Crippen LogP contribution in [-0.4, -0.2) is 14.5 Å². The molecule has 0 aliphatic heterocycles. The summed E-state index contributed by atoms with van der Waals surface area (Å²) in [5.74, 6) is 0.469. The summed E-state index contributed by atoms with van der Waals surface area (Å²) in [6.45, 7) is 0. The molecule has 1 aliphatic rings. The molecule has 1 aliphatic carbocycles. The SMILES string of the molecule is Nc1nc2cc(C3=CCCCC3)ccc2n1-c1cc(Cl)c2cc[nH]c2c1. The zero-order valence-electron chi connectivity index (χ0n) is 14.3. The van der Waals surface area contributed by atoms with Crippen LogP contribution in [0.1, 0.15) is 31.2 Å². The number of H-pyrrole nitrogens is 1. The first-order valence-corrected chi connectivity index (χ1v) is 9.33. The van der Waals surface area contributed by atoms with E-state index in [1.807, 2.05) is 22.9 Å². The Balaban J connectivity index is 1.67. The van der Waals surface area contributed by atoms with E-state index in [0.29, 0.717) is 11.0 Å². The number of benzene rings is 2. The van der Waals surface area contributed by atoms with E-state index in [4.69, 9.17) is 17.3 Å². The lowest BCUT2D eigenvalue weighted by Crippen LogP contribution is -2.00. The van der Waals surface area contributed by atoms with Crippen LogP contribution in [0.2, 0.25) is 5.02 Å². The lowest BCUT2D eigenvalue weighted by Gasteiger charge is -2.13. The first-order valence-electron chi connectivity index (χ1n) is 8.95. The summed E-state index contributed by atoms with van der Waals surface area (Å²) in [6.07, 6.45) is 9.09. The molecule has 0 atom stereocenters. The van der Waals surface area contributed by atoms with E-state index in [2.05, 4.69) is 40.3 Å². The summed E-state index contributed by atoms with van der Waals surface area (Å²) in [7, 11) is 0.